The quantitative estimate of drug-likeness (QED) is 0.594. The Balaban J connectivity index is 2.42. The molecule has 0 fully saturated rings. The highest BCUT2D eigenvalue weighted by Crippen LogP contribution is 2.24. The molecule has 0 radical (unpaired) electrons. The fourth-order valence-corrected chi connectivity index (χ4v) is 3.90. The Hall–Kier alpha value is -2.61. The first-order valence-corrected chi connectivity index (χ1v) is 11.6. The van der Waals surface area contributed by atoms with Gasteiger partial charge in [-0.15, -0.1) is 0 Å². The summed E-state index contributed by atoms with van der Waals surface area (Å²) >= 11 is 1.47. The molecule has 7 nitrogen and oxygen atoms in total. The second kappa shape index (κ2) is 10.3. The van der Waals surface area contributed by atoms with Crippen molar-refractivity contribution in [2.75, 3.05) is 12.4 Å². The Kier molecular flexibility index (Phi) is 8.29. The van der Waals surface area contributed by atoms with Crippen molar-refractivity contribution in [1.29, 1.82) is 0 Å². The van der Waals surface area contributed by atoms with Gasteiger partial charge in [0.05, 0.1) is 12.7 Å². The molecule has 0 aliphatic heterocycles. The van der Waals surface area contributed by atoms with Gasteiger partial charge in [0.25, 0.3) is 5.91 Å². The number of anilines is 1. The highest BCUT2D eigenvalue weighted by Gasteiger charge is 2.20. The van der Waals surface area contributed by atoms with Gasteiger partial charge in [0.1, 0.15) is 16.0 Å². The van der Waals surface area contributed by atoms with Crippen LogP contribution < -0.4 is 14.7 Å². The number of amides is 2. The number of methoxy groups -OCH3 is 1. The van der Waals surface area contributed by atoms with Gasteiger partial charge < -0.3 is 9.47 Å². The summed E-state index contributed by atoms with van der Waals surface area (Å²) in [6, 6.07) is 4.85. The molecule has 1 heterocycles. The number of nitrogens with zero attached hydrogens (tertiary/aromatic N) is 2. The van der Waals surface area contributed by atoms with Crippen LogP contribution in [0.1, 0.15) is 77.2 Å². The summed E-state index contributed by atoms with van der Waals surface area (Å²) in [5.74, 6) is -0.0285. The third-order valence-electron chi connectivity index (χ3n) is 4.47. The molecule has 0 aliphatic carbocycles. The van der Waals surface area contributed by atoms with E-state index in [9.17, 15) is 9.59 Å². The van der Waals surface area contributed by atoms with E-state index in [1.54, 1.807) is 39.0 Å². The summed E-state index contributed by atoms with van der Waals surface area (Å²) < 4.78 is 13.5. The van der Waals surface area contributed by atoms with Crippen molar-refractivity contribution in [3.63, 3.8) is 0 Å². The zero-order valence-electron chi connectivity index (χ0n) is 20.4. The molecule has 0 saturated carbocycles. The van der Waals surface area contributed by atoms with Crippen LogP contribution in [0.4, 0.5) is 10.5 Å². The maximum Gasteiger partial charge on any atom is 0.412 e. The third kappa shape index (κ3) is 7.22. The van der Waals surface area contributed by atoms with Gasteiger partial charge in [-0.3, -0.25) is 14.1 Å². The Morgan fingerprint density at radius 3 is 2.41 bits per heavy atom. The molecule has 8 heteroatoms. The molecule has 2 aromatic rings. The maximum absolute atomic E-state index is 13.2. The van der Waals surface area contributed by atoms with E-state index in [2.05, 4.69) is 48.2 Å². The zero-order chi connectivity index (χ0) is 24.1. The Morgan fingerprint density at radius 1 is 1.16 bits per heavy atom. The summed E-state index contributed by atoms with van der Waals surface area (Å²) in [5.41, 5.74) is 1.04. The van der Waals surface area contributed by atoms with E-state index in [0.717, 1.165) is 24.8 Å². The molecule has 1 aromatic carbocycles. The first-order chi connectivity index (χ1) is 14.8. The first-order valence-electron chi connectivity index (χ1n) is 10.8. The van der Waals surface area contributed by atoms with Gasteiger partial charge in [0.2, 0.25) is 0 Å². The summed E-state index contributed by atoms with van der Waals surface area (Å²) in [6.07, 6.45) is 4.44. The van der Waals surface area contributed by atoms with Crippen molar-refractivity contribution in [2.24, 2.45) is 4.99 Å². The lowest BCUT2D eigenvalue weighted by atomic mass is 10.1. The van der Waals surface area contributed by atoms with E-state index in [4.69, 9.17) is 9.47 Å². The first kappa shape index (κ1) is 25.6. The highest BCUT2D eigenvalue weighted by molar-refractivity contribution is 7.04. The van der Waals surface area contributed by atoms with Crippen LogP contribution in [-0.2, 0) is 16.7 Å². The minimum Gasteiger partial charge on any atom is -0.496 e. The van der Waals surface area contributed by atoms with Gasteiger partial charge in [0.15, 0.2) is 0 Å². The van der Waals surface area contributed by atoms with Crippen LogP contribution in [0.25, 0.3) is 0 Å². The smallest absolute Gasteiger partial charge is 0.412 e. The Labute approximate surface area is 194 Å². The van der Waals surface area contributed by atoms with Crippen LogP contribution in [-0.4, -0.2) is 28.7 Å². The van der Waals surface area contributed by atoms with Gasteiger partial charge in [-0.1, -0.05) is 13.3 Å². The lowest BCUT2D eigenvalue weighted by Gasteiger charge is -2.20. The number of hydrogen-bond donors (Lipinski definition) is 1. The van der Waals surface area contributed by atoms with Crippen molar-refractivity contribution in [3.8, 4) is 5.75 Å². The molecular formula is C24H35N3O4S. The number of unbranched alkanes of at least 4 members (excludes halogenated alkanes) is 1. The molecule has 0 atom stereocenters. The molecule has 0 bridgehead atoms. The molecule has 2 rings (SSSR count). The number of nitrogens with one attached hydrogen (secondary N) is 1. The zero-order valence-corrected chi connectivity index (χ0v) is 21.2. The standard InChI is InChI=1S/C24H35N3O4S/c1-9-10-11-16-15-27(23(2,3)4)32-21(16)26-20(28)18-14-17(12-13-19(18)30-8)25-22(29)31-24(5,6)7/h12-15H,9-11H2,1-8H3,(H,25,29). The Morgan fingerprint density at radius 2 is 1.84 bits per heavy atom. The molecular weight excluding hydrogens is 426 g/mol. The number of benzene rings is 1. The van der Waals surface area contributed by atoms with E-state index in [-0.39, 0.29) is 11.1 Å². The van der Waals surface area contributed by atoms with Gasteiger partial charge in [-0.25, -0.2) is 4.79 Å². The minimum absolute atomic E-state index is 0.0998. The second-order valence-corrected chi connectivity index (χ2v) is 10.6. The third-order valence-corrected chi connectivity index (χ3v) is 5.85. The van der Waals surface area contributed by atoms with Gasteiger partial charge in [-0.05, 0) is 84.1 Å². The van der Waals surface area contributed by atoms with Gasteiger partial charge >= 0.3 is 6.09 Å². The summed E-state index contributed by atoms with van der Waals surface area (Å²) in [4.78, 5) is 29.7. The number of ether oxygens (including phenoxy) is 2. The summed E-state index contributed by atoms with van der Waals surface area (Å²) in [6.45, 7) is 13.9. The van der Waals surface area contributed by atoms with Crippen molar-refractivity contribution < 1.29 is 19.1 Å². The van der Waals surface area contributed by atoms with Crippen LogP contribution >= 0.6 is 11.5 Å². The second-order valence-electron chi connectivity index (χ2n) is 9.61. The van der Waals surface area contributed by atoms with E-state index in [1.165, 1.54) is 18.6 Å². The van der Waals surface area contributed by atoms with Gasteiger partial charge in [-0.2, -0.15) is 4.99 Å². The van der Waals surface area contributed by atoms with E-state index < -0.39 is 17.6 Å². The fraction of sp³-hybridized carbons (Fsp3) is 0.542. The van der Waals surface area contributed by atoms with E-state index in [0.29, 0.717) is 16.1 Å². The van der Waals surface area contributed by atoms with Crippen LogP contribution in [0.3, 0.4) is 0 Å². The normalized spacial score (nSPS) is 12.6. The highest BCUT2D eigenvalue weighted by atomic mass is 32.1. The predicted molar refractivity (Wildman–Crippen MR) is 129 cm³/mol. The molecule has 32 heavy (non-hydrogen) atoms. The van der Waals surface area contributed by atoms with E-state index >= 15 is 0 Å². The average molecular weight is 462 g/mol. The molecule has 0 unspecified atom stereocenters. The average Bonchev–Trinajstić information content (AvgIpc) is 3.07. The molecule has 176 valence electrons. The number of carbonyl (C=O) groups is 2. The number of carbonyl (C=O) groups excluding carboxylic acids is 2. The largest absolute Gasteiger partial charge is 0.496 e. The molecule has 0 saturated heterocycles. The van der Waals surface area contributed by atoms with Crippen molar-refractivity contribution in [3.05, 3.63) is 40.2 Å². The lowest BCUT2D eigenvalue weighted by Crippen LogP contribution is -2.27. The Bertz CT molecular complexity index is 1020. The van der Waals surface area contributed by atoms with Crippen molar-refractivity contribution in [1.82, 2.24) is 3.96 Å². The monoisotopic (exact) mass is 461 g/mol. The summed E-state index contributed by atoms with van der Waals surface area (Å²) in [7, 11) is 1.50. The minimum atomic E-state index is -0.624. The topological polar surface area (TPSA) is 81.9 Å². The van der Waals surface area contributed by atoms with Crippen LogP contribution in [0.2, 0.25) is 0 Å². The van der Waals surface area contributed by atoms with E-state index in [1.807, 2.05) is 0 Å². The molecule has 0 spiro atoms. The van der Waals surface area contributed by atoms with Crippen molar-refractivity contribution in [2.45, 2.75) is 78.9 Å². The SMILES string of the molecule is CCCCc1cn(C(C)(C)C)sc1=NC(=O)c1cc(NC(=O)OC(C)(C)C)ccc1OC. The molecule has 0 aliphatic rings. The number of aryl methyl sites for hydroxylation is 1. The van der Waals surface area contributed by atoms with Crippen LogP contribution in [0, 0.1) is 0 Å². The fourth-order valence-electron chi connectivity index (χ4n) is 2.86. The number of aromatic nitrogens is 1. The summed E-state index contributed by atoms with van der Waals surface area (Å²) in [5, 5.41) is 2.66. The lowest BCUT2D eigenvalue weighted by molar-refractivity contribution is 0.0635. The number of hydrogen-bond acceptors (Lipinski definition) is 5. The van der Waals surface area contributed by atoms with Gasteiger partial charge in [0, 0.05) is 23.0 Å². The van der Waals surface area contributed by atoms with Crippen LogP contribution in [0.5, 0.6) is 5.75 Å². The molecule has 1 aromatic heterocycles. The maximum atomic E-state index is 13.2. The molecule has 2 amide bonds. The predicted octanol–water partition coefficient (Wildman–Crippen LogP) is 5.74. The molecule has 1 N–H and O–H groups in total. The van der Waals surface area contributed by atoms with Crippen LogP contribution in [0.15, 0.2) is 29.4 Å². The number of rotatable bonds is 6. The van der Waals surface area contributed by atoms with Crippen molar-refractivity contribution >= 4 is 29.2 Å².